The summed E-state index contributed by atoms with van der Waals surface area (Å²) < 4.78 is 24.9. The molecule has 0 saturated heterocycles. The zero-order valence-corrected chi connectivity index (χ0v) is 30.3. The van der Waals surface area contributed by atoms with Crippen molar-refractivity contribution in [2.24, 2.45) is 5.92 Å². The minimum atomic E-state index is -0.822. The van der Waals surface area contributed by atoms with E-state index in [4.69, 9.17) is 4.74 Å². The van der Waals surface area contributed by atoms with Gasteiger partial charge in [0.05, 0.1) is 18.8 Å². The van der Waals surface area contributed by atoms with Crippen molar-refractivity contribution < 1.29 is 18.7 Å². The van der Waals surface area contributed by atoms with Crippen LogP contribution in [-0.4, -0.2) is 85.5 Å². The van der Waals surface area contributed by atoms with E-state index in [-0.39, 0.29) is 11.7 Å². The first-order valence-corrected chi connectivity index (χ1v) is 20.4. The number of halogens is 1. The maximum atomic E-state index is 15.6. The van der Waals surface area contributed by atoms with Crippen LogP contribution in [0.4, 0.5) is 10.2 Å². The van der Waals surface area contributed by atoms with E-state index in [2.05, 4.69) is 58.4 Å². The Bertz CT molecular complexity index is 1440. The number of hydrogen-bond acceptors (Lipinski definition) is 7. The molecular weight excluding hydrogens is 626 g/mol. The van der Waals surface area contributed by atoms with Gasteiger partial charge in [0.15, 0.2) is 0 Å². The van der Waals surface area contributed by atoms with E-state index in [0.29, 0.717) is 61.2 Å². The Kier molecular flexibility index (Phi) is 14.6. The van der Waals surface area contributed by atoms with Crippen LogP contribution in [0.3, 0.4) is 0 Å². The normalized spacial score (nSPS) is 13.4. The number of hydrogen-bond donors (Lipinski definition) is 2. The number of nitrogens with zero attached hydrogens (tertiary/aromatic N) is 5. The summed E-state index contributed by atoms with van der Waals surface area (Å²) in [5.41, 5.74) is 2.93. The summed E-state index contributed by atoms with van der Waals surface area (Å²) in [5, 5.41) is 14.5. The third kappa shape index (κ3) is 10.8. The van der Waals surface area contributed by atoms with Gasteiger partial charge in [0.2, 0.25) is 11.9 Å². The molecule has 0 aliphatic rings. The lowest BCUT2D eigenvalue weighted by Gasteiger charge is -2.24. The van der Waals surface area contributed by atoms with Gasteiger partial charge in [-0.3, -0.25) is 14.3 Å². The Balaban J connectivity index is 1.77. The first-order chi connectivity index (χ1) is 21.9. The summed E-state index contributed by atoms with van der Waals surface area (Å²) >= 11 is 1.66. The third-order valence-electron chi connectivity index (χ3n) is 7.96. The molecule has 256 valence electrons. The lowest BCUT2D eigenvalue weighted by molar-refractivity contribution is -0.118. The quantitative estimate of drug-likeness (QED) is 0.116. The van der Waals surface area contributed by atoms with Crippen molar-refractivity contribution in [3.63, 3.8) is 0 Å². The average molecular weight is 678 g/mol. The fourth-order valence-corrected chi connectivity index (χ4v) is 6.04. The molecular formula is C33H52FN7O3S2. The predicted molar refractivity (Wildman–Crippen MR) is 190 cm³/mol. The van der Waals surface area contributed by atoms with Crippen molar-refractivity contribution in [3.8, 4) is 11.1 Å². The van der Waals surface area contributed by atoms with Crippen LogP contribution in [0.1, 0.15) is 68.3 Å². The number of aromatic nitrogens is 5. The van der Waals surface area contributed by atoms with Gasteiger partial charge in [-0.25, -0.2) is 19.7 Å². The average Bonchev–Trinajstić information content (AvgIpc) is 3.60. The van der Waals surface area contributed by atoms with E-state index in [9.17, 15) is 9.59 Å². The Morgan fingerprint density at radius 1 is 1.13 bits per heavy atom. The molecule has 0 fully saturated rings. The lowest BCUT2D eigenvalue weighted by atomic mass is 9.99. The molecule has 2 atom stereocenters. The summed E-state index contributed by atoms with van der Waals surface area (Å²) in [6, 6.07) is 4.03. The maximum absolute atomic E-state index is 15.6. The van der Waals surface area contributed by atoms with Crippen molar-refractivity contribution in [3.05, 3.63) is 47.4 Å². The second kappa shape index (κ2) is 17.9. The van der Waals surface area contributed by atoms with Gasteiger partial charge in [0, 0.05) is 34.5 Å². The monoisotopic (exact) mass is 677 g/mol. The highest BCUT2D eigenvalue weighted by atomic mass is 32.3. The molecule has 46 heavy (non-hydrogen) atoms. The first-order valence-electron chi connectivity index (χ1n) is 16.0. The summed E-state index contributed by atoms with van der Waals surface area (Å²) in [5.74, 6) is 0.863. The van der Waals surface area contributed by atoms with Gasteiger partial charge in [-0.1, -0.05) is 40.0 Å². The topological polar surface area (TPSA) is 116 Å². The Morgan fingerprint density at radius 2 is 1.89 bits per heavy atom. The largest absolute Gasteiger partial charge is 0.358 e. The van der Waals surface area contributed by atoms with Crippen molar-refractivity contribution in [1.29, 1.82) is 0 Å². The Morgan fingerprint density at radius 3 is 2.54 bits per heavy atom. The highest BCUT2D eigenvalue weighted by Gasteiger charge is 2.25. The third-order valence-corrected chi connectivity index (χ3v) is 9.94. The minimum Gasteiger partial charge on any atom is -0.358 e. The van der Waals surface area contributed by atoms with Crippen LogP contribution >= 0.6 is 21.8 Å². The lowest BCUT2D eigenvalue weighted by Crippen LogP contribution is -2.44. The number of anilines is 1. The molecule has 3 aromatic rings. The van der Waals surface area contributed by atoms with Crippen LogP contribution in [0.15, 0.2) is 24.4 Å². The smallest absolute Gasteiger partial charge is 0.270 e. The van der Waals surface area contributed by atoms with Gasteiger partial charge >= 0.3 is 0 Å². The van der Waals surface area contributed by atoms with Crippen LogP contribution in [0, 0.1) is 18.8 Å². The maximum Gasteiger partial charge on any atom is 0.270 e. The van der Waals surface area contributed by atoms with Crippen LogP contribution in [-0.2, 0) is 29.2 Å². The summed E-state index contributed by atoms with van der Waals surface area (Å²) in [6.07, 6.45) is 14.1. The molecule has 3 aromatic heterocycles. The zero-order valence-electron chi connectivity index (χ0n) is 28.7. The van der Waals surface area contributed by atoms with Gasteiger partial charge < -0.3 is 15.4 Å². The number of rotatable bonds is 19. The van der Waals surface area contributed by atoms with E-state index in [1.54, 1.807) is 45.5 Å². The van der Waals surface area contributed by atoms with E-state index in [1.807, 2.05) is 20.1 Å². The highest BCUT2D eigenvalue weighted by molar-refractivity contribution is 8.32. The molecule has 2 N–H and O–H groups in total. The molecule has 0 bridgehead atoms. The van der Waals surface area contributed by atoms with E-state index >= 15 is 4.39 Å². The molecule has 3 heterocycles. The first kappa shape index (κ1) is 37.6. The predicted octanol–water partition coefficient (Wildman–Crippen LogP) is 6.14. The molecule has 2 amide bonds. The molecule has 0 aromatic carbocycles. The van der Waals surface area contributed by atoms with E-state index < -0.39 is 27.9 Å². The van der Waals surface area contributed by atoms with Gasteiger partial charge in [-0.2, -0.15) is 26.3 Å². The highest BCUT2D eigenvalue weighted by Crippen LogP contribution is 2.34. The molecule has 3 rings (SSSR count). The molecule has 13 heteroatoms. The van der Waals surface area contributed by atoms with Crippen LogP contribution in [0.5, 0.6) is 0 Å². The second-order valence-corrected chi connectivity index (χ2v) is 18.1. The molecule has 0 saturated carbocycles. The summed E-state index contributed by atoms with van der Waals surface area (Å²) in [4.78, 5) is 30.8. The molecule has 0 radical (unpaired) electrons. The van der Waals surface area contributed by atoms with Crippen molar-refractivity contribution in [1.82, 2.24) is 29.9 Å². The minimum absolute atomic E-state index is 0.0774. The second-order valence-electron chi connectivity index (χ2n) is 12.5. The summed E-state index contributed by atoms with van der Waals surface area (Å²) in [6.45, 7) is 9.67. The van der Waals surface area contributed by atoms with E-state index in [1.165, 1.54) is 0 Å². The Labute approximate surface area is 279 Å². The summed E-state index contributed by atoms with van der Waals surface area (Å²) in [7, 11) is -0.662. The molecule has 10 nitrogen and oxygen atoms in total. The van der Waals surface area contributed by atoms with Crippen LogP contribution < -0.4 is 10.6 Å². The fourth-order valence-electron chi connectivity index (χ4n) is 5.07. The molecule has 0 aliphatic carbocycles. The SMILES string of the molecule is CCc1c(-c2ccc(NC(=O)[C@H](CCC[C@H](C)CC)NC(=O)c3ccnn3CCSC)nc2F)c(C)nn1COCCS(C)(C)C. The zero-order chi connectivity index (χ0) is 33.9. The number of pyridine rings is 1. The number of thioether (sulfide) groups is 1. The Hall–Kier alpha value is -2.90. The van der Waals surface area contributed by atoms with Crippen molar-refractivity contribution in [2.45, 2.75) is 79.1 Å². The molecule has 0 aliphatic heterocycles. The number of aryl methyl sites for hydroxylation is 2. The van der Waals surface area contributed by atoms with Gasteiger partial charge in [0.25, 0.3) is 5.91 Å². The van der Waals surface area contributed by atoms with E-state index in [0.717, 1.165) is 36.5 Å². The van der Waals surface area contributed by atoms with Gasteiger partial charge in [-0.15, -0.1) is 0 Å². The molecule has 0 spiro atoms. The molecule has 0 unspecified atom stereocenters. The van der Waals surface area contributed by atoms with Gasteiger partial charge in [0.1, 0.15) is 24.3 Å². The van der Waals surface area contributed by atoms with Crippen molar-refractivity contribution in [2.75, 3.05) is 48.5 Å². The fraction of sp³-hybridized carbons (Fsp3) is 0.606. The number of carbonyl (C=O) groups excluding carboxylic acids is 2. The van der Waals surface area contributed by atoms with Crippen LogP contribution in [0.25, 0.3) is 11.1 Å². The standard InChI is InChI=1S/C33H52FN7O3S2/c1-9-23(3)12-11-13-26(36-33(43)28-16-17-35-40(28)18-20-45-5)32(42)38-29-15-14-25(31(34)37-29)30-24(4)39-41(27(30)10-2)22-44-19-21-46(6,7)8/h14-17,23,26H,9-13,18-22H2,1-8H3,(H,36,43)(H,37,38,42)/t23-,26+/m1/s1. The van der Waals surface area contributed by atoms with Crippen LogP contribution in [0.2, 0.25) is 0 Å². The van der Waals surface area contributed by atoms with Crippen molar-refractivity contribution >= 4 is 39.4 Å². The number of ether oxygens (including phenoxy) is 1. The van der Waals surface area contributed by atoms with Gasteiger partial charge in [-0.05, 0) is 68.9 Å². The number of amides is 2. The number of nitrogens with one attached hydrogen (secondary N) is 2. The number of carbonyl (C=O) groups is 2.